The van der Waals surface area contributed by atoms with Crippen LogP contribution in [0.1, 0.15) is 117 Å². The average molecular weight is 651 g/mol. The Balaban J connectivity index is 2.15. The van der Waals surface area contributed by atoms with Crippen molar-refractivity contribution in [3.8, 4) is 0 Å². The molecule has 6 N–H and O–H groups in total. The first kappa shape index (κ1) is 39.8. The van der Waals surface area contributed by atoms with Gasteiger partial charge in [0.25, 0.3) is 0 Å². The second kappa shape index (κ2) is 21.5. The zero-order chi connectivity index (χ0) is 33.2. The predicted molar refractivity (Wildman–Crippen MR) is 162 cm³/mol. The summed E-state index contributed by atoms with van der Waals surface area (Å²) >= 11 is 0. The van der Waals surface area contributed by atoms with Crippen molar-refractivity contribution < 1.29 is 63.9 Å². The monoisotopic (exact) mass is 650 g/mol. The van der Waals surface area contributed by atoms with Crippen LogP contribution in [0, 0.1) is 0 Å². The lowest BCUT2D eigenvalue weighted by atomic mass is 9.99. The lowest BCUT2D eigenvalue weighted by Crippen LogP contribution is -2.63. The number of carbonyl (C=O) groups excluding carboxylic acids is 2. The van der Waals surface area contributed by atoms with Crippen LogP contribution in [0.15, 0.2) is 0 Å². The highest BCUT2D eigenvalue weighted by molar-refractivity contribution is 5.70. The zero-order valence-electron chi connectivity index (χ0n) is 27.1. The van der Waals surface area contributed by atoms with Crippen LogP contribution in [0.5, 0.6) is 0 Å². The SMILES string of the molecule is CCCCCCCCCC(=O)OC[C@@]1(O[C@H]2O[C@H](CO)[C@@H](O)[C@H](O)[C@H]2O)O[C@H](CO)[C@@H](O)[C@@H]1OC(=O)CCCCCCCCC. The smallest absolute Gasteiger partial charge is 0.306 e. The van der Waals surface area contributed by atoms with Gasteiger partial charge in [-0.3, -0.25) is 9.59 Å². The van der Waals surface area contributed by atoms with Crippen molar-refractivity contribution in [3.63, 3.8) is 0 Å². The molecule has 0 radical (unpaired) electrons. The first-order valence-corrected chi connectivity index (χ1v) is 16.9. The molecular weight excluding hydrogens is 592 g/mol. The third-order valence-electron chi connectivity index (χ3n) is 8.48. The van der Waals surface area contributed by atoms with Crippen molar-refractivity contribution in [2.24, 2.45) is 0 Å². The fraction of sp³-hybridized carbons (Fsp3) is 0.938. The van der Waals surface area contributed by atoms with Crippen molar-refractivity contribution in [1.29, 1.82) is 0 Å². The molecule has 0 unspecified atom stereocenters. The molecular formula is C32H58O13. The van der Waals surface area contributed by atoms with Crippen LogP contribution in [-0.4, -0.2) is 117 Å². The van der Waals surface area contributed by atoms with Crippen LogP contribution in [0.3, 0.4) is 0 Å². The van der Waals surface area contributed by atoms with Gasteiger partial charge in [-0.15, -0.1) is 0 Å². The molecule has 45 heavy (non-hydrogen) atoms. The number of ether oxygens (including phenoxy) is 5. The van der Waals surface area contributed by atoms with E-state index in [2.05, 4.69) is 13.8 Å². The van der Waals surface area contributed by atoms with Crippen molar-refractivity contribution in [3.05, 3.63) is 0 Å². The van der Waals surface area contributed by atoms with Gasteiger partial charge in [-0.25, -0.2) is 0 Å². The maximum Gasteiger partial charge on any atom is 0.306 e. The number of unbranched alkanes of at least 4 members (excludes halogenated alkanes) is 12. The summed E-state index contributed by atoms with van der Waals surface area (Å²) in [5.74, 6) is -3.53. The number of rotatable bonds is 23. The van der Waals surface area contributed by atoms with Gasteiger partial charge >= 0.3 is 11.9 Å². The molecule has 2 heterocycles. The minimum atomic E-state index is -2.26. The molecule has 0 bridgehead atoms. The molecule has 13 nitrogen and oxygen atoms in total. The number of hydrogen-bond donors (Lipinski definition) is 6. The van der Waals surface area contributed by atoms with Crippen LogP contribution in [0.25, 0.3) is 0 Å². The van der Waals surface area contributed by atoms with Crippen LogP contribution >= 0.6 is 0 Å². The van der Waals surface area contributed by atoms with Crippen LogP contribution in [0.2, 0.25) is 0 Å². The Hall–Kier alpha value is -1.42. The van der Waals surface area contributed by atoms with Gasteiger partial charge in [-0.1, -0.05) is 90.9 Å². The largest absolute Gasteiger partial charge is 0.460 e. The third kappa shape index (κ3) is 12.6. The van der Waals surface area contributed by atoms with Gasteiger partial charge in [0.05, 0.1) is 13.2 Å². The quantitative estimate of drug-likeness (QED) is 0.0693. The fourth-order valence-electron chi connectivity index (χ4n) is 5.67. The lowest BCUT2D eigenvalue weighted by Gasteiger charge is -2.43. The van der Waals surface area contributed by atoms with E-state index >= 15 is 0 Å². The van der Waals surface area contributed by atoms with Crippen molar-refractivity contribution in [1.82, 2.24) is 0 Å². The molecule has 2 aliphatic rings. The fourth-order valence-corrected chi connectivity index (χ4v) is 5.67. The summed E-state index contributed by atoms with van der Waals surface area (Å²) in [6, 6.07) is 0. The van der Waals surface area contributed by atoms with Crippen molar-refractivity contribution in [2.75, 3.05) is 19.8 Å². The first-order chi connectivity index (χ1) is 21.6. The number of carbonyl (C=O) groups is 2. The number of esters is 2. The molecule has 0 saturated carbocycles. The zero-order valence-corrected chi connectivity index (χ0v) is 27.1. The molecule has 9 atom stereocenters. The van der Waals surface area contributed by atoms with E-state index < -0.39 is 86.6 Å². The van der Waals surface area contributed by atoms with Gasteiger partial charge in [-0.05, 0) is 12.8 Å². The summed E-state index contributed by atoms with van der Waals surface area (Å²) in [5, 5.41) is 61.7. The molecule has 2 fully saturated rings. The van der Waals surface area contributed by atoms with Crippen molar-refractivity contribution >= 4 is 11.9 Å². The summed E-state index contributed by atoms with van der Waals surface area (Å²) in [6.45, 7) is 2.13. The Bertz CT molecular complexity index is 827. The van der Waals surface area contributed by atoms with Crippen LogP contribution in [0.4, 0.5) is 0 Å². The van der Waals surface area contributed by atoms with Crippen LogP contribution in [-0.2, 0) is 33.3 Å². The lowest BCUT2D eigenvalue weighted by molar-refractivity contribution is -0.384. The molecule has 2 rings (SSSR count). The van der Waals surface area contributed by atoms with Gasteiger partial charge in [0.1, 0.15) is 43.2 Å². The average Bonchev–Trinajstić information content (AvgIpc) is 3.29. The summed E-state index contributed by atoms with van der Waals surface area (Å²) < 4.78 is 28.4. The molecule has 0 aromatic carbocycles. The topological polar surface area (TPSA) is 202 Å². The minimum Gasteiger partial charge on any atom is -0.460 e. The maximum absolute atomic E-state index is 12.9. The van der Waals surface area contributed by atoms with E-state index in [1.165, 1.54) is 6.42 Å². The highest BCUT2D eigenvalue weighted by Gasteiger charge is 2.61. The van der Waals surface area contributed by atoms with Crippen molar-refractivity contribution in [2.45, 2.75) is 171 Å². The first-order valence-electron chi connectivity index (χ1n) is 16.9. The van der Waals surface area contributed by atoms with Gasteiger partial charge in [0, 0.05) is 12.8 Å². The standard InChI is InChI=1S/C32H58O13/c1-3-5-7-9-11-13-15-17-24(35)41-21-32(45-31-29(40)28(39)26(37)22(19-33)42-31)30(27(38)23(20-34)44-32)43-25(36)18-16-14-12-10-8-6-4-2/h22-23,26-31,33-34,37-40H,3-21H2,1-2H3/t22-,23-,26-,27-,28+,29-,30+,31-,32+/m1/s1. The van der Waals surface area contributed by atoms with E-state index in [0.29, 0.717) is 12.8 Å². The van der Waals surface area contributed by atoms with Gasteiger partial charge in [0.15, 0.2) is 12.4 Å². The molecule has 13 heteroatoms. The summed E-state index contributed by atoms with van der Waals surface area (Å²) in [7, 11) is 0. The molecule has 0 aromatic heterocycles. The maximum atomic E-state index is 12.9. The molecule has 0 spiro atoms. The molecule has 2 saturated heterocycles. The molecule has 0 amide bonds. The summed E-state index contributed by atoms with van der Waals surface area (Å²) in [5.41, 5.74) is 0. The Morgan fingerprint density at radius 3 is 1.69 bits per heavy atom. The Morgan fingerprint density at radius 2 is 1.16 bits per heavy atom. The van der Waals surface area contributed by atoms with E-state index in [9.17, 15) is 40.2 Å². The Kier molecular flexibility index (Phi) is 19.0. The minimum absolute atomic E-state index is 0.0367. The van der Waals surface area contributed by atoms with Gasteiger partial charge in [0.2, 0.25) is 5.79 Å². The molecule has 0 aromatic rings. The summed E-state index contributed by atoms with van der Waals surface area (Å²) in [6.07, 6.45) is 0.918. The number of aliphatic hydroxyl groups excluding tert-OH is 6. The highest BCUT2D eigenvalue weighted by Crippen LogP contribution is 2.39. The van der Waals surface area contributed by atoms with Crippen LogP contribution < -0.4 is 0 Å². The van der Waals surface area contributed by atoms with E-state index in [1.54, 1.807) is 0 Å². The van der Waals surface area contributed by atoms with E-state index in [1.807, 2.05) is 0 Å². The van der Waals surface area contributed by atoms with E-state index in [0.717, 1.165) is 70.6 Å². The molecule has 2 aliphatic heterocycles. The predicted octanol–water partition coefficient (Wildman–Crippen LogP) is 1.99. The molecule has 0 aliphatic carbocycles. The van der Waals surface area contributed by atoms with Gasteiger partial charge < -0.3 is 54.3 Å². The van der Waals surface area contributed by atoms with Gasteiger partial charge in [-0.2, -0.15) is 0 Å². The second-order valence-corrected chi connectivity index (χ2v) is 12.3. The van der Waals surface area contributed by atoms with E-state index in [-0.39, 0.29) is 12.8 Å². The Labute approximate surface area is 267 Å². The third-order valence-corrected chi connectivity index (χ3v) is 8.48. The normalized spacial score (nSPS) is 31.6. The summed E-state index contributed by atoms with van der Waals surface area (Å²) in [4.78, 5) is 25.6. The highest BCUT2D eigenvalue weighted by atomic mass is 16.8. The molecule has 264 valence electrons. The van der Waals surface area contributed by atoms with E-state index in [4.69, 9.17) is 23.7 Å². The number of hydrogen-bond acceptors (Lipinski definition) is 13. The second-order valence-electron chi connectivity index (χ2n) is 12.3. The Morgan fingerprint density at radius 1 is 0.644 bits per heavy atom. The number of aliphatic hydroxyl groups is 6.